The van der Waals surface area contributed by atoms with Crippen LogP contribution in [0, 0.1) is 0 Å². The van der Waals surface area contributed by atoms with E-state index in [9.17, 15) is 5.11 Å². The lowest BCUT2D eigenvalue weighted by Gasteiger charge is -2.06. The summed E-state index contributed by atoms with van der Waals surface area (Å²) in [5, 5.41) is 20.7. The van der Waals surface area contributed by atoms with Crippen LogP contribution in [0.1, 0.15) is 5.56 Å². The zero-order valence-electron chi connectivity index (χ0n) is 7.06. The number of hydrogen-bond donors (Lipinski definition) is 3. The summed E-state index contributed by atoms with van der Waals surface area (Å²) in [6.45, 7) is 0. The van der Waals surface area contributed by atoms with E-state index in [4.69, 9.17) is 15.7 Å². The normalized spacial score (nSPS) is 11.3. The van der Waals surface area contributed by atoms with E-state index in [-0.39, 0.29) is 22.9 Å². The molecule has 1 aromatic carbocycles. The number of para-hydroxylation sites is 1. The van der Waals surface area contributed by atoms with Crippen LogP contribution in [0.25, 0.3) is 0 Å². The van der Waals surface area contributed by atoms with Gasteiger partial charge in [-0.05, 0) is 12.1 Å². The van der Waals surface area contributed by atoms with Crippen molar-refractivity contribution in [1.82, 2.24) is 0 Å². The van der Waals surface area contributed by atoms with Crippen molar-refractivity contribution in [2.45, 2.75) is 0 Å². The number of rotatable bonds is 2. The molecule has 0 fully saturated rings. The van der Waals surface area contributed by atoms with Gasteiger partial charge in [-0.1, -0.05) is 11.2 Å². The SMILES string of the molecule is COc1cccc(/C(N)=N\O)c1O. The van der Waals surface area contributed by atoms with E-state index < -0.39 is 0 Å². The summed E-state index contributed by atoms with van der Waals surface area (Å²) in [6.07, 6.45) is 0. The summed E-state index contributed by atoms with van der Waals surface area (Å²) >= 11 is 0. The maximum Gasteiger partial charge on any atom is 0.173 e. The van der Waals surface area contributed by atoms with Crippen molar-refractivity contribution in [3.8, 4) is 11.5 Å². The highest BCUT2D eigenvalue weighted by atomic mass is 16.5. The van der Waals surface area contributed by atoms with E-state index in [1.54, 1.807) is 12.1 Å². The van der Waals surface area contributed by atoms with Crippen LogP contribution in [-0.4, -0.2) is 23.3 Å². The molecule has 0 spiro atoms. The molecule has 4 N–H and O–H groups in total. The lowest BCUT2D eigenvalue weighted by molar-refractivity contribution is 0.318. The Bertz CT molecular complexity index is 336. The largest absolute Gasteiger partial charge is 0.504 e. The molecule has 0 saturated heterocycles. The molecule has 0 bridgehead atoms. The van der Waals surface area contributed by atoms with Crippen molar-refractivity contribution < 1.29 is 15.1 Å². The number of phenolic OH excluding ortho intramolecular Hbond substituents is 1. The van der Waals surface area contributed by atoms with Crippen molar-refractivity contribution in [1.29, 1.82) is 0 Å². The average molecular weight is 182 g/mol. The molecule has 70 valence electrons. The molecule has 1 rings (SSSR count). The van der Waals surface area contributed by atoms with E-state index >= 15 is 0 Å². The predicted molar refractivity (Wildman–Crippen MR) is 47.2 cm³/mol. The maximum absolute atomic E-state index is 9.49. The van der Waals surface area contributed by atoms with Gasteiger partial charge in [0.1, 0.15) is 0 Å². The highest BCUT2D eigenvalue weighted by Crippen LogP contribution is 2.28. The van der Waals surface area contributed by atoms with Crippen molar-refractivity contribution >= 4 is 5.84 Å². The standard InChI is InChI=1S/C8H10N2O3/c1-13-6-4-2-3-5(7(6)11)8(9)10-12/h2-4,11-12H,1H3,(H2,9,10). The van der Waals surface area contributed by atoms with Crippen LogP contribution in [0.15, 0.2) is 23.4 Å². The van der Waals surface area contributed by atoms with E-state index in [1.807, 2.05) is 0 Å². The van der Waals surface area contributed by atoms with Crippen LogP contribution in [0.5, 0.6) is 11.5 Å². The van der Waals surface area contributed by atoms with Crippen LogP contribution < -0.4 is 10.5 Å². The minimum absolute atomic E-state index is 0.139. The lowest BCUT2D eigenvalue weighted by atomic mass is 10.2. The molecular formula is C8H10N2O3. The molecule has 0 radical (unpaired) electrons. The van der Waals surface area contributed by atoms with E-state index in [2.05, 4.69) is 5.16 Å². The zero-order chi connectivity index (χ0) is 9.84. The van der Waals surface area contributed by atoms with Crippen LogP contribution in [-0.2, 0) is 0 Å². The number of oxime groups is 1. The Hall–Kier alpha value is -1.91. The first kappa shape index (κ1) is 9.18. The molecule has 0 aliphatic heterocycles. The first-order valence-corrected chi connectivity index (χ1v) is 3.54. The van der Waals surface area contributed by atoms with Crippen LogP contribution in [0.4, 0.5) is 0 Å². The van der Waals surface area contributed by atoms with Gasteiger partial charge in [0.2, 0.25) is 0 Å². The molecule has 5 heteroatoms. The predicted octanol–water partition coefficient (Wildman–Crippen LogP) is 0.495. The lowest BCUT2D eigenvalue weighted by Crippen LogP contribution is -2.13. The smallest absolute Gasteiger partial charge is 0.173 e. The third kappa shape index (κ3) is 1.64. The number of nitrogens with two attached hydrogens (primary N) is 1. The molecule has 13 heavy (non-hydrogen) atoms. The fourth-order valence-corrected chi connectivity index (χ4v) is 0.948. The number of hydrogen-bond acceptors (Lipinski definition) is 4. The van der Waals surface area contributed by atoms with Gasteiger partial charge < -0.3 is 20.8 Å². The van der Waals surface area contributed by atoms with Gasteiger partial charge in [0.25, 0.3) is 0 Å². The van der Waals surface area contributed by atoms with Gasteiger partial charge >= 0.3 is 0 Å². The number of benzene rings is 1. The second kappa shape index (κ2) is 3.66. The average Bonchev–Trinajstić information content (AvgIpc) is 2.17. The highest BCUT2D eigenvalue weighted by Gasteiger charge is 2.10. The van der Waals surface area contributed by atoms with Gasteiger partial charge in [0.05, 0.1) is 12.7 Å². The number of nitrogens with zero attached hydrogens (tertiary/aromatic N) is 1. The number of methoxy groups -OCH3 is 1. The minimum Gasteiger partial charge on any atom is -0.504 e. The first-order chi connectivity index (χ1) is 6.20. The molecule has 0 saturated carbocycles. The fourth-order valence-electron chi connectivity index (χ4n) is 0.948. The summed E-state index contributed by atoms with van der Waals surface area (Å²) < 4.78 is 4.84. The van der Waals surface area contributed by atoms with Gasteiger partial charge in [-0.3, -0.25) is 0 Å². The number of phenols is 1. The fraction of sp³-hybridized carbons (Fsp3) is 0.125. The van der Waals surface area contributed by atoms with Crippen LogP contribution in [0.3, 0.4) is 0 Å². The molecule has 0 aliphatic carbocycles. The van der Waals surface area contributed by atoms with Gasteiger partial charge in [-0.15, -0.1) is 0 Å². The summed E-state index contributed by atoms with van der Waals surface area (Å²) in [7, 11) is 1.42. The molecule has 0 atom stereocenters. The number of aromatic hydroxyl groups is 1. The van der Waals surface area contributed by atoms with Gasteiger partial charge in [0, 0.05) is 0 Å². The molecule has 0 amide bonds. The molecule has 0 unspecified atom stereocenters. The second-order valence-corrected chi connectivity index (χ2v) is 2.34. The van der Waals surface area contributed by atoms with Crippen LogP contribution in [0.2, 0.25) is 0 Å². The Morgan fingerprint density at radius 1 is 1.54 bits per heavy atom. The molecule has 0 aromatic heterocycles. The summed E-state index contributed by atoms with van der Waals surface area (Å²) in [4.78, 5) is 0. The highest BCUT2D eigenvalue weighted by molar-refractivity contribution is 6.00. The molecule has 0 aliphatic rings. The monoisotopic (exact) mass is 182 g/mol. The summed E-state index contributed by atoms with van der Waals surface area (Å²) in [5.74, 6) is -0.0131. The topological polar surface area (TPSA) is 88.1 Å². The van der Waals surface area contributed by atoms with Crippen LogP contribution >= 0.6 is 0 Å². The Balaban J connectivity index is 3.23. The quantitative estimate of drug-likeness (QED) is 0.269. The third-order valence-electron chi connectivity index (χ3n) is 1.60. The van der Waals surface area contributed by atoms with Gasteiger partial charge in [-0.25, -0.2) is 0 Å². The van der Waals surface area contributed by atoms with Gasteiger partial charge in [0.15, 0.2) is 17.3 Å². The Morgan fingerprint density at radius 3 is 2.77 bits per heavy atom. The zero-order valence-corrected chi connectivity index (χ0v) is 7.06. The number of ether oxygens (including phenoxy) is 1. The van der Waals surface area contributed by atoms with Crippen molar-refractivity contribution in [3.05, 3.63) is 23.8 Å². The van der Waals surface area contributed by atoms with Crippen molar-refractivity contribution in [2.75, 3.05) is 7.11 Å². The summed E-state index contributed by atoms with van der Waals surface area (Å²) in [5.41, 5.74) is 5.54. The Morgan fingerprint density at radius 2 is 2.23 bits per heavy atom. The van der Waals surface area contributed by atoms with E-state index in [0.29, 0.717) is 0 Å². The van der Waals surface area contributed by atoms with E-state index in [0.717, 1.165) is 0 Å². The van der Waals surface area contributed by atoms with Gasteiger partial charge in [-0.2, -0.15) is 0 Å². The number of amidine groups is 1. The van der Waals surface area contributed by atoms with Crippen molar-refractivity contribution in [3.63, 3.8) is 0 Å². The maximum atomic E-state index is 9.49. The first-order valence-electron chi connectivity index (χ1n) is 3.54. The van der Waals surface area contributed by atoms with Crippen molar-refractivity contribution in [2.24, 2.45) is 10.9 Å². The Kier molecular flexibility index (Phi) is 2.59. The summed E-state index contributed by atoms with van der Waals surface area (Å²) in [6, 6.07) is 4.72. The molecule has 5 nitrogen and oxygen atoms in total. The Labute approximate surface area is 75.1 Å². The molecule has 1 aromatic rings. The third-order valence-corrected chi connectivity index (χ3v) is 1.60. The second-order valence-electron chi connectivity index (χ2n) is 2.34. The molecular weight excluding hydrogens is 172 g/mol. The minimum atomic E-state index is -0.156. The van der Waals surface area contributed by atoms with E-state index in [1.165, 1.54) is 13.2 Å². The molecule has 0 heterocycles.